The molecule has 1 nitrogen and oxygen atoms in total. The number of halogens is 1. The van der Waals surface area contributed by atoms with Crippen LogP contribution >= 0.6 is 11.6 Å². The van der Waals surface area contributed by atoms with Crippen molar-refractivity contribution >= 4 is 17.4 Å². The van der Waals surface area contributed by atoms with Crippen LogP contribution in [0.3, 0.4) is 0 Å². The highest BCUT2D eigenvalue weighted by molar-refractivity contribution is 6.30. The lowest BCUT2D eigenvalue weighted by Crippen LogP contribution is -1.93. The van der Waals surface area contributed by atoms with Crippen LogP contribution in [-0.2, 0) is 0 Å². The van der Waals surface area contributed by atoms with Gasteiger partial charge < -0.3 is 0 Å². The zero-order valence-corrected chi connectivity index (χ0v) is 9.74. The predicted octanol–water partition coefficient (Wildman–Crippen LogP) is 3.57. The number of hydrogen-bond acceptors (Lipinski definition) is 1. The quantitative estimate of drug-likeness (QED) is 0.550. The van der Waals surface area contributed by atoms with E-state index in [4.69, 9.17) is 11.6 Å². The number of benzene rings is 2. The minimum absolute atomic E-state index is 0.180. The van der Waals surface area contributed by atoms with Crippen molar-refractivity contribution in [1.29, 1.82) is 0 Å². The van der Waals surface area contributed by atoms with Crippen LogP contribution < -0.4 is 0 Å². The van der Waals surface area contributed by atoms with E-state index in [-0.39, 0.29) is 5.78 Å². The van der Waals surface area contributed by atoms with Gasteiger partial charge in [0.25, 0.3) is 0 Å². The molecule has 0 saturated carbocycles. The predicted molar refractivity (Wildman–Crippen MR) is 69.1 cm³/mol. The Morgan fingerprint density at radius 2 is 1.59 bits per heavy atom. The van der Waals surface area contributed by atoms with Crippen LogP contribution in [-0.4, -0.2) is 5.78 Å². The largest absolute Gasteiger partial charge is 0.279 e. The highest BCUT2D eigenvalue weighted by atomic mass is 35.5. The summed E-state index contributed by atoms with van der Waals surface area (Å²) in [6.07, 6.45) is 0. The molecule has 82 valence electrons. The van der Waals surface area contributed by atoms with Crippen molar-refractivity contribution in [2.24, 2.45) is 0 Å². The smallest absolute Gasteiger partial charge is 0.236 e. The molecule has 0 N–H and O–H groups in total. The van der Waals surface area contributed by atoms with Crippen LogP contribution in [0.15, 0.2) is 54.6 Å². The Morgan fingerprint density at radius 3 is 2.24 bits per heavy atom. The Kier molecular flexibility index (Phi) is 3.59. The second-order valence-corrected chi connectivity index (χ2v) is 3.89. The average Bonchev–Trinajstić information content (AvgIpc) is 2.39. The van der Waals surface area contributed by atoms with Crippen LogP contribution in [0.1, 0.15) is 15.9 Å². The van der Waals surface area contributed by atoms with Crippen molar-refractivity contribution < 1.29 is 4.79 Å². The standard InChI is InChI=1S/C15H9ClO/c16-14-9-6-12(7-10-14)8-11-15(17)13-4-2-1-3-5-13/h1-7,9-10H. The molecule has 2 rings (SSSR count). The van der Waals surface area contributed by atoms with Crippen molar-refractivity contribution in [3.05, 3.63) is 70.7 Å². The Bertz CT molecular complexity index is 574. The number of carbonyl (C=O) groups excluding carboxylic acids is 1. The molecule has 0 aromatic heterocycles. The van der Waals surface area contributed by atoms with Gasteiger partial charge in [-0.3, -0.25) is 4.79 Å². The Labute approximate surface area is 105 Å². The molecule has 0 spiro atoms. The molecule has 0 bridgehead atoms. The normalized spacial score (nSPS) is 9.24. The van der Waals surface area contributed by atoms with Crippen LogP contribution in [0.5, 0.6) is 0 Å². The third kappa shape index (κ3) is 3.21. The van der Waals surface area contributed by atoms with E-state index in [9.17, 15) is 4.79 Å². The number of Topliss-reactive ketones (excluding diaryl/α,β-unsaturated/α-hetero) is 1. The van der Waals surface area contributed by atoms with Gasteiger partial charge in [0.05, 0.1) is 0 Å². The lowest BCUT2D eigenvalue weighted by atomic mass is 10.1. The fraction of sp³-hybridized carbons (Fsp3) is 0. The highest BCUT2D eigenvalue weighted by Crippen LogP contribution is 2.08. The summed E-state index contributed by atoms with van der Waals surface area (Å²) >= 11 is 5.76. The van der Waals surface area contributed by atoms with E-state index in [0.29, 0.717) is 10.6 Å². The summed E-state index contributed by atoms with van der Waals surface area (Å²) in [6.45, 7) is 0. The second kappa shape index (κ2) is 5.34. The zero-order valence-electron chi connectivity index (χ0n) is 8.98. The molecule has 0 aliphatic carbocycles. The fourth-order valence-corrected chi connectivity index (χ4v) is 1.45. The maximum atomic E-state index is 11.7. The van der Waals surface area contributed by atoms with E-state index >= 15 is 0 Å². The first-order valence-corrected chi connectivity index (χ1v) is 5.50. The van der Waals surface area contributed by atoms with Gasteiger partial charge in [0.2, 0.25) is 5.78 Å². The topological polar surface area (TPSA) is 17.1 Å². The summed E-state index contributed by atoms with van der Waals surface area (Å²) in [6, 6.07) is 16.1. The van der Waals surface area contributed by atoms with Crippen molar-refractivity contribution in [2.75, 3.05) is 0 Å². The first-order chi connectivity index (χ1) is 8.25. The van der Waals surface area contributed by atoms with Gasteiger partial charge in [-0.2, -0.15) is 0 Å². The van der Waals surface area contributed by atoms with E-state index in [1.165, 1.54) is 0 Å². The van der Waals surface area contributed by atoms with Crippen LogP contribution in [0, 0.1) is 11.8 Å². The molecule has 0 fully saturated rings. The molecule has 17 heavy (non-hydrogen) atoms. The maximum absolute atomic E-state index is 11.7. The molecular formula is C15H9ClO. The monoisotopic (exact) mass is 240 g/mol. The second-order valence-electron chi connectivity index (χ2n) is 3.45. The lowest BCUT2D eigenvalue weighted by molar-refractivity contribution is 0.105. The van der Waals surface area contributed by atoms with Gasteiger partial charge >= 0.3 is 0 Å². The molecule has 0 aliphatic heterocycles. The molecule has 0 radical (unpaired) electrons. The van der Waals surface area contributed by atoms with Gasteiger partial charge in [-0.15, -0.1) is 0 Å². The van der Waals surface area contributed by atoms with Gasteiger partial charge in [0, 0.05) is 16.1 Å². The van der Waals surface area contributed by atoms with Gasteiger partial charge in [0.15, 0.2) is 0 Å². The number of hydrogen-bond donors (Lipinski definition) is 0. The SMILES string of the molecule is O=C(C#Cc1ccc(Cl)cc1)c1ccccc1. The van der Waals surface area contributed by atoms with E-state index < -0.39 is 0 Å². The van der Waals surface area contributed by atoms with E-state index in [1.54, 1.807) is 36.4 Å². The molecule has 0 atom stereocenters. The summed E-state index contributed by atoms with van der Waals surface area (Å²) in [7, 11) is 0. The zero-order chi connectivity index (χ0) is 12.1. The van der Waals surface area contributed by atoms with Gasteiger partial charge in [-0.05, 0) is 30.2 Å². The third-order valence-corrected chi connectivity index (χ3v) is 2.45. The Hall–Kier alpha value is -2.04. The van der Waals surface area contributed by atoms with Crippen LogP contribution in [0.2, 0.25) is 5.02 Å². The molecule has 0 heterocycles. The number of ketones is 1. The molecule has 2 aromatic rings. The van der Waals surface area contributed by atoms with Crippen LogP contribution in [0.4, 0.5) is 0 Å². The van der Waals surface area contributed by atoms with Gasteiger partial charge in [-0.1, -0.05) is 47.9 Å². The summed E-state index contributed by atoms with van der Waals surface area (Å²) in [5, 5.41) is 0.657. The molecule has 0 unspecified atom stereocenters. The first-order valence-electron chi connectivity index (χ1n) is 5.13. The van der Waals surface area contributed by atoms with Crippen molar-refractivity contribution in [2.45, 2.75) is 0 Å². The molecular weight excluding hydrogens is 232 g/mol. The summed E-state index contributed by atoms with van der Waals surface area (Å²) < 4.78 is 0. The Morgan fingerprint density at radius 1 is 0.941 bits per heavy atom. The average molecular weight is 241 g/mol. The van der Waals surface area contributed by atoms with Gasteiger partial charge in [0.1, 0.15) is 0 Å². The number of rotatable bonds is 1. The summed E-state index contributed by atoms with van der Waals surface area (Å²) in [4.78, 5) is 11.7. The van der Waals surface area contributed by atoms with Crippen molar-refractivity contribution in [1.82, 2.24) is 0 Å². The van der Waals surface area contributed by atoms with Gasteiger partial charge in [-0.25, -0.2) is 0 Å². The first kappa shape index (κ1) is 11.4. The van der Waals surface area contributed by atoms with Crippen molar-refractivity contribution in [3.63, 3.8) is 0 Å². The Balaban J connectivity index is 2.17. The minimum Gasteiger partial charge on any atom is -0.279 e. The highest BCUT2D eigenvalue weighted by Gasteiger charge is 1.99. The lowest BCUT2D eigenvalue weighted by Gasteiger charge is -1.92. The molecule has 2 aromatic carbocycles. The fourth-order valence-electron chi connectivity index (χ4n) is 1.32. The van der Waals surface area contributed by atoms with E-state index in [1.807, 2.05) is 18.2 Å². The van der Waals surface area contributed by atoms with Crippen LogP contribution in [0.25, 0.3) is 0 Å². The summed E-state index contributed by atoms with van der Waals surface area (Å²) in [5.41, 5.74) is 1.38. The molecule has 0 amide bonds. The third-order valence-electron chi connectivity index (χ3n) is 2.20. The minimum atomic E-state index is -0.180. The maximum Gasteiger partial charge on any atom is 0.236 e. The van der Waals surface area contributed by atoms with Crippen molar-refractivity contribution in [3.8, 4) is 11.8 Å². The summed E-state index contributed by atoms with van der Waals surface area (Å²) in [5.74, 6) is 5.23. The molecule has 2 heteroatoms. The number of carbonyl (C=O) groups is 1. The van der Waals surface area contributed by atoms with E-state index in [0.717, 1.165) is 5.56 Å². The molecule has 0 saturated heterocycles. The van der Waals surface area contributed by atoms with E-state index in [2.05, 4.69) is 11.8 Å². The molecule has 0 aliphatic rings.